The van der Waals surface area contributed by atoms with E-state index in [-0.39, 0.29) is 5.78 Å². The summed E-state index contributed by atoms with van der Waals surface area (Å²) in [7, 11) is 0. The van der Waals surface area contributed by atoms with Crippen LogP contribution in [0.3, 0.4) is 0 Å². The number of hydrogen-bond donors (Lipinski definition) is 0. The second kappa shape index (κ2) is 5.65. The first-order valence-electron chi connectivity index (χ1n) is 6.24. The highest BCUT2D eigenvalue weighted by Crippen LogP contribution is 2.37. The van der Waals surface area contributed by atoms with Gasteiger partial charge in [0.25, 0.3) is 0 Å². The SMILES string of the molecule is N#C[C@@H](C(=O)c1sc2ccccc2c1Cl)c1ccccn1. The minimum Gasteiger partial charge on any atom is -0.291 e. The van der Waals surface area contributed by atoms with Crippen molar-refractivity contribution in [2.75, 3.05) is 0 Å². The van der Waals surface area contributed by atoms with Crippen molar-refractivity contribution in [1.29, 1.82) is 5.26 Å². The third-order valence-electron chi connectivity index (χ3n) is 3.13. The Morgan fingerprint density at radius 3 is 2.67 bits per heavy atom. The second-order valence-corrected chi connectivity index (χ2v) is 5.85. The molecular weight excluding hydrogens is 304 g/mol. The van der Waals surface area contributed by atoms with Crippen LogP contribution in [0.1, 0.15) is 21.3 Å². The number of pyridine rings is 1. The summed E-state index contributed by atoms with van der Waals surface area (Å²) in [6, 6.07) is 14.7. The van der Waals surface area contributed by atoms with Gasteiger partial charge in [-0.15, -0.1) is 11.3 Å². The van der Waals surface area contributed by atoms with E-state index < -0.39 is 5.92 Å². The highest BCUT2D eigenvalue weighted by atomic mass is 35.5. The van der Waals surface area contributed by atoms with Crippen molar-refractivity contribution < 1.29 is 4.79 Å². The van der Waals surface area contributed by atoms with Crippen LogP contribution in [0.15, 0.2) is 48.7 Å². The molecule has 2 aromatic heterocycles. The lowest BCUT2D eigenvalue weighted by Crippen LogP contribution is -2.11. The van der Waals surface area contributed by atoms with Gasteiger partial charge in [-0.3, -0.25) is 9.78 Å². The molecule has 0 saturated carbocycles. The Morgan fingerprint density at radius 1 is 1.24 bits per heavy atom. The number of benzene rings is 1. The molecule has 0 aliphatic rings. The van der Waals surface area contributed by atoms with Crippen LogP contribution in [0.4, 0.5) is 0 Å². The summed E-state index contributed by atoms with van der Waals surface area (Å²) in [5.41, 5.74) is 0.443. The number of rotatable bonds is 3. The summed E-state index contributed by atoms with van der Waals surface area (Å²) in [6.45, 7) is 0. The van der Waals surface area contributed by atoms with E-state index in [9.17, 15) is 10.1 Å². The Balaban J connectivity index is 2.08. The van der Waals surface area contributed by atoms with E-state index in [1.807, 2.05) is 30.3 Å². The lowest BCUT2D eigenvalue weighted by Gasteiger charge is -2.06. The van der Waals surface area contributed by atoms with Crippen LogP contribution < -0.4 is 0 Å². The highest BCUT2D eigenvalue weighted by Gasteiger charge is 2.27. The van der Waals surface area contributed by atoms with Crippen molar-refractivity contribution in [1.82, 2.24) is 4.98 Å². The van der Waals surface area contributed by atoms with Gasteiger partial charge in [0, 0.05) is 16.3 Å². The molecule has 3 rings (SSSR count). The van der Waals surface area contributed by atoms with Gasteiger partial charge >= 0.3 is 0 Å². The average molecular weight is 313 g/mol. The summed E-state index contributed by atoms with van der Waals surface area (Å²) in [6.07, 6.45) is 1.57. The van der Waals surface area contributed by atoms with Gasteiger partial charge in [-0.1, -0.05) is 35.9 Å². The lowest BCUT2D eigenvalue weighted by molar-refractivity contribution is 0.0981. The molecule has 2 heterocycles. The number of aromatic nitrogens is 1. The normalized spacial score (nSPS) is 12.0. The van der Waals surface area contributed by atoms with E-state index in [1.54, 1.807) is 24.4 Å². The lowest BCUT2D eigenvalue weighted by atomic mass is 10.00. The maximum Gasteiger partial charge on any atom is 0.197 e. The molecule has 5 heteroatoms. The van der Waals surface area contributed by atoms with Crippen LogP contribution in [0.25, 0.3) is 10.1 Å². The first-order valence-corrected chi connectivity index (χ1v) is 7.43. The molecule has 0 aliphatic carbocycles. The number of thiophene rings is 1. The highest BCUT2D eigenvalue weighted by molar-refractivity contribution is 7.21. The standard InChI is InChI=1S/C16H9ClN2OS/c17-14-10-5-1-2-7-13(10)21-16(14)15(20)11(9-18)12-6-3-4-8-19-12/h1-8,11H/t11-/m1/s1. The largest absolute Gasteiger partial charge is 0.291 e. The maximum atomic E-state index is 12.6. The van der Waals surface area contributed by atoms with Crippen LogP contribution in [0, 0.1) is 11.3 Å². The summed E-state index contributed by atoms with van der Waals surface area (Å²) in [5, 5.41) is 10.6. The van der Waals surface area contributed by atoms with Crippen molar-refractivity contribution in [2.24, 2.45) is 0 Å². The number of halogens is 1. The predicted octanol–water partition coefficient (Wildman–Crippen LogP) is 4.44. The molecule has 21 heavy (non-hydrogen) atoms. The van der Waals surface area contributed by atoms with Crippen molar-refractivity contribution >= 4 is 38.8 Å². The van der Waals surface area contributed by atoms with Crippen LogP contribution in [0.2, 0.25) is 5.02 Å². The van der Waals surface area contributed by atoms with E-state index in [4.69, 9.17) is 11.6 Å². The van der Waals surface area contributed by atoms with Gasteiger partial charge < -0.3 is 0 Å². The van der Waals surface area contributed by atoms with Gasteiger partial charge in [0.05, 0.1) is 21.7 Å². The van der Waals surface area contributed by atoms with Crippen molar-refractivity contribution in [2.45, 2.75) is 5.92 Å². The summed E-state index contributed by atoms with van der Waals surface area (Å²) >= 11 is 7.61. The minimum atomic E-state index is -0.934. The summed E-state index contributed by atoms with van der Waals surface area (Å²) in [4.78, 5) is 17.1. The van der Waals surface area contributed by atoms with E-state index in [2.05, 4.69) is 4.98 Å². The zero-order valence-corrected chi connectivity index (χ0v) is 12.4. The van der Waals surface area contributed by atoms with E-state index in [0.29, 0.717) is 15.6 Å². The molecular formula is C16H9ClN2OS. The Bertz CT molecular complexity index is 852. The molecule has 3 aromatic rings. The molecule has 0 radical (unpaired) electrons. The van der Waals surface area contributed by atoms with Crippen LogP contribution in [0.5, 0.6) is 0 Å². The number of Topliss-reactive ketones (excluding diaryl/α,β-unsaturated/α-hetero) is 1. The molecule has 0 aliphatic heterocycles. The third kappa shape index (κ3) is 2.42. The van der Waals surface area contributed by atoms with Gasteiger partial charge in [0.2, 0.25) is 0 Å². The second-order valence-electron chi connectivity index (χ2n) is 4.42. The third-order valence-corrected chi connectivity index (χ3v) is 4.82. The fourth-order valence-electron chi connectivity index (χ4n) is 2.11. The first kappa shape index (κ1) is 13.7. The maximum absolute atomic E-state index is 12.6. The molecule has 0 unspecified atom stereocenters. The number of ketones is 1. The zero-order chi connectivity index (χ0) is 14.8. The van der Waals surface area contributed by atoms with Gasteiger partial charge in [0.15, 0.2) is 11.7 Å². The van der Waals surface area contributed by atoms with Gasteiger partial charge in [-0.25, -0.2) is 0 Å². The van der Waals surface area contributed by atoms with Gasteiger partial charge in [-0.05, 0) is 18.2 Å². The predicted molar refractivity (Wildman–Crippen MR) is 83.8 cm³/mol. The number of hydrogen-bond acceptors (Lipinski definition) is 4. The van der Waals surface area contributed by atoms with E-state index in [1.165, 1.54) is 11.3 Å². The topological polar surface area (TPSA) is 53.8 Å². The Kier molecular flexibility index (Phi) is 3.70. The molecule has 1 aromatic carbocycles. The first-order chi connectivity index (χ1) is 10.2. The number of carbonyl (C=O) groups is 1. The van der Waals surface area contributed by atoms with Crippen LogP contribution in [-0.2, 0) is 0 Å². The van der Waals surface area contributed by atoms with Crippen LogP contribution >= 0.6 is 22.9 Å². The smallest absolute Gasteiger partial charge is 0.197 e. The number of nitrogens with zero attached hydrogens (tertiary/aromatic N) is 2. The van der Waals surface area contributed by atoms with Crippen molar-refractivity contribution in [3.05, 3.63) is 64.3 Å². The van der Waals surface area contributed by atoms with Gasteiger partial charge in [0.1, 0.15) is 0 Å². The molecule has 3 nitrogen and oxygen atoms in total. The molecule has 0 bridgehead atoms. The molecule has 0 amide bonds. The molecule has 102 valence electrons. The molecule has 1 atom stereocenters. The van der Waals surface area contributed by atoms with E-state index >= 15 is 0 Å². The minimum absolute atomic E-state index is 0.303. The Hall–Kier alpha value is -2.22. The zero-order valence-electron chi connectivity index (χ0n) is 10.8. The molecule has 0 saturated heterocycles. The quantitative estimate of drug-likeness (QED) is 0.672. The van der Waals surface area contributed by atoms with Crippen molar-refractivity contribution in [3.8, 4) is 6.07 Å². The monoisotopic (exact) mass is 312 g/mol. The Morgan fingerprint density at radius 2 is 2.00 bits per heavy atom. The summed E-state index contributed by atoms with van der Waals surface area (Å²) < 4.78 is 0.934. The Labute approximate surface area is 130 Å². The number of nitriles is 1. The molecule has 0 N–H and O–H groups in total. The van der Waals surface area contributed by atoms with E-state index in [0.717, 1.165) is 10.1 Å². The fraction of sp³-hybridized carbons (Fsp3) is 0.0625. The number of fused-ring (bicyclic) bond motifs is 1. The average Bonchev–Trinajstić information content (AvgIpc) is 2.87. The van der Waals surface area contributed by atoms with Crippen LogP contribution in [-0.4, -0.2) is 10.8 Å². The fourth-order valence-corrected chi connectivity index (χ4v) is 3.60. The molecule has 0 fully saturated rings. The molecule has 0 spiro atoms. The van der Waals surface area contributed by atoms with Gasteiger partial charge in [-0.2, -0.15) is 5.26 Å². The van der Waals surface area contributed by atoms with Crippen molar-refractivity contribution in [3.63, 3.8) is 0 Å². The summed E-state index contributed by atoms with van der Waals surface area (Å²) in [5.74, 6) is -1.24. The number of carbonyl (C=O) groups excluding carboxylic acids is 1.